The number of carbonyl (C=O) groups excluding carboxylic acids is 1. The van der Waals surface area contributed by atoms with Gasteiger partial charge in [0.05, 0.1) is 11.9 Å². The van der Waals surface area contributed by atoms with Crippen molar-refractivity contribution in [2.24, 2.45) is 0 Å². The van der Waals surface area contributed by atoms with E-state index in [-0.39, 0.29) is 11.9 Å². The average molecular weight is 468 g/mol. The number of aromatic nitrogens is 5. The Morgan fingerprint density at radius 1 is 1.06 bits per heavy atom. The Morgan fingerprint density at radius 3 is 2.74 bits per heavy atom. The number of benzene rings is 1. The predicted molar refractivity (Wildman–Crippen MR) is 126 cm³/mol. The minimum Gasteiger partial charge on any atom is -0.339 e. The first-order chi connectivity index (χ1) is 17.2. The van der Waals surface area contributed by atoms with E-state index >= 15 is 0 Å². The van der Waals surface area contributed by atoms with Gasteiger partial charge in [0.25, 0.3) is 5.91 Å². The largest absolute Gasteiger partial charge is 0.339 e. The van der Waals surface area contributed by atoms with Crippen LogP contribution in [0.25, 0.3) is 28.4 Å². The number of likely N-dealkylation sites (tertiary alicyclic amines) is 1. The van der Waals surface area contributed by atoms with Gasteiger partial charge in [-0.25, -0.2) is 14.4 Å². The van der Waals surface area contributed by atoms with Crippen LogP contribution in [0.2, 0.25) is 0 Å². The number of hydrogen-bond acceptors (Lipinski definition) is 6. The third kappa shape index (κ3) is 3.95. The van der Waals surface area contributed by atoms with Crippen molar-refractivity contribution in [3.63, 3.8) is 0 Å². The summed E-state index contributed by atoms with van der Waals surface area (Å²) < 4.78 is 20.6. The molecule has 0 aliphatic carbocycles. The Hall–Kier alpha value is -4.40. The van der Waals surface area contributed by atoms with Crippen molar-refractivity contribution in [3.05, 3.63) is 90.5 Å². The second kappa shape index (κ2) is 8.75. The molecule has 0 N–H and O–H groups in total. The smallest absolute Gasteiger partial charge is 0.275 e. The summed E-state index contributed by atoms with van der Waals surface area (Å²) in [7, 11) is 0. The van der Waals surface area contributed by atoms with Gasteiger partial charge < -0.3 is 9.42 Å². The second-order valence-corrected chi connectivity index (χ2v) is 8.48. The van der Waals surface area contributed by atoms with Gasteiger partial charge in [0, 0.05) is 30.8 Å². The van der Waals surface area contributed by atoms with Crippen LogP contribution in [0.4, 0.5) is 4.39 Å². The van der Waals surface area contributed by atoms with Crippen LogP contribution in [0.15, 0.2) is 77.6 Å². The molecule has 8 nitrogen and oxygen atoms in total. The van der Waals surface area contributed by atoms with E-state index in [0.29, 0.717) is 36.1 Å². The molecule has 1 atom stereocenters. The summed E-state index contributed by atoms with van der Waals surface area (Å²) in [6, 6.07) is 18.3. The molecular formula is C26H21FN6O2. The molecule has 4 aromatic heterocycles. The van der Waals surface area contributed by atoms with Gasteiger partial charge >= 0.3 is 0 Å². The summed E-state index contributed by atoms with van der Waals surface area (Å²) in [5, 5.41) is 3.98. The zero-order valence-electron chi connectivity index (χ0n) is 18.7. The quantitative estimate of drug-likeness (QED) is 0.379. The molecule has 1 saturated heterocycles. The summed E-state index contributed by atoms with van der Waals surface area (Å²) in [5.74, 6) is 0.158. The van der Waals surface area contributed by atoms with E-state index in [9.17, 15) is 9.18 Å². The summed E-state index contributed by atoms with van der Waals surface area (Å²) in [6.45, 7) is 0.631. The van der Waals surface area contributed by atoms with Gasteiger partial charge in [0.2, 0.25) is 11.7 Å². The van der Waals surface area contributed by atoms with Gasteiger partial charge in [0.1, 0.15) is 17.2 Å². The van der Waals surface area contributed by atoms with Gasteiger partial charge in [-0.3, -0.25) is 9.20 Å². The predicted octanol–water partition coefficient (Wildman–Crippen LogP) is 4.43. The van der Waals surface area contributed by atoms with Gasteiger partial charge in [-0.15, -0.1) is 0 Å². The molecule has 5 aromatic rings. The summed E-state index contributed by atoms with van der Waals surface area (Å²) in [4.78, 5) is 28.8. The van der Waals surface area contributed by atoms with E-state index < -0.39 is 5.82 Å². The van der Waals surface area contributed by atoms with Crippen LogP contribution >= 0.6 is 0 Å². The lowest BCUT2D eigenvalue weighted by Crippen LogP contribution is -2.37. The lowest BCUT2D eigenvalue weighted by molar-refractivity contribution is 0.0727. The number of nitrogens with zero attached hydrogens (tertiary/aromatic N) is 6. The van der Waals surface area contributed by atoms with Crippen molar-refractivity contribution < 1.29 is 13.7 Å². The number of rotatable bonds is 5. The van der Waals surface area contributed by atoms with Gasteiger partial charge in [0.15, 0.2) is 5.69 Å². The SMILES string of the molecule is O=C(c1nc2ccccn2c1-c1ccccc1)N1CCC[C@H]1Cc1nc(-c2ccc(F)cn2)no1. The fourth-order valence-electron chi connectivity index (χ4n) is 4.62. The van der Waals surface area contributed by atoms with Gasteiger partial charge in [-0.2, -0.15) is 4.98 Å². The van der Waals surface area contributed by atoms with Gasteiger partial charge in [-0.1, -0.05) is 41.6 Å². The van der Waals surface area contributed by atoms with Crippen LogP contribution in [0, 0.1) is 5.82 Å². The molecule has 9 heteroatoms. The maximum atomic E-state index is 13.8. The molecule has 5 heterocycles. The van der Waals surface area contributed by atoms with E-state index in [2.05, 4.69) is 15.1 Å². The van der Waals surface area contributed by atoms with Crippen LogP contribution in [0.1, 0.15) is 29.2 Å². The highest BCUT2D eigenvalue weighted by atomic mass is 19.1. The molecule has 35 heavy (non-hydrogen) atoms. The van der Waals surface area contributed by atoms with Crippen molar-refractivity contribution in [1.82, 2.24) is 29.4 Å². The van der Waals surface area contributed by atoms with Crippen molar-refractivity contribution in [1.29, 1.82) is 0 Å². The van der Waals surface area contributed by atoms with Crippen LogP contribution < -0.4 is 0 Å². The number of carbonyl (C=O) groups is 1. The average Bonchev–Trinajstić information content (AvgIpc) is 3.63. The van der Waals surface area contributed by atoms with Gasteiger partial charge in [-0.05, 0) is 37.1 Å². The fourth-order valence-corrected chi connectivity index (χ4v) is 4.62. The summed E-state index contributed by atoms with van der Waals surface area (Å²) >= 11 is 0. The van der Waals surface area contributed by atoms with Crippen LogP contribution in [-0.2, 0) is 6.42 Å². The molecule has 0 spiro atoms. The Morgan fingerprint density at radius 2 is 1.91 bits per heavy atom. The minimum atomic E-state index is -0.431. The first-order valence-electron chi connectivity index (χ1n) is 11.5. The Bertz CT molecular complexity index is 1500. The molecule has 0 bridgehead atoms. The van der Waals surface area contributed by atoms with Crippen LogP contribution in [0.5, 0.6) is 0 Å². The Balaban J connectivity index is 1.29. The molecule has 1 amide bonds. The van der Waals surface area contributed by atoms with E-state index in [1.165, 1.54) is 12.1 Å². The lowest BCUT2D eigenvalue weighted by atomic mass is 10.1. The Kier molecular flexibility index (Phi) is 5.29. The molecular weight excluding hydrogens is 447 g/mol. The maximum absolute atomic E-state index is 13.8. The number of hydrogen-bond donors (Lipinski definition) is 0. The monoisotopic (exact) mass is 468 g/mol. The molecule has 1 aliphatic heterocycles. The van der Waals surface area contributed by atoms with Crippen molar-refractivity contribution in [2.45, 2.75) is 25.3 Å². The first-order valence-corrected chi connectivity index (χ1v) is 11.5. The zero-order chi connectivity index (χ0) is 23.8. The molecule has 1 fully saturated rings. The standard InChI is InChI=1S/C26H21FN6O2/c27-18-11-12-20(28-16-18)25-30-22(35-31-25)15-19-9-6-14-32(19)26(34)23-24(17-7-2-1-3-8-17)33-13-5-4-10-21(33)29-23/h1-5,7-8,10-13,16,19H,6,9,14-15H2/t19-/m0/s1. The van der Waals surface area contributed by atoms with E-state index in [1.807, 2.05) is 64.0 Å². The van der Waals surface area contributed by atoms with Crippen molar-refractivity contribution in [3.8, 4) is 22.8 Å². The Labute approximate surface area is 200 Å². The van der Waals surface area contributed by atoms with E-state index in [0.717, 1.165) is 35.9 Å². The normalized spacial score (nSPS) is 15.7. The third-order valence-corrected chi connectivity index (χ3v) is 6.25. The maximum Gasteiger partial charge on any atom is 0.275 e. The molecule has 1 aromatic carbocycles. The van der Waals surface area contributed by atoms with E-state index in [4.69, 9.17) is 9.51 Å². The molecule has 174 valence electrons. The molecule has 1 aliphatic rings. The number of fused-ring (bicyclic) bond motifs is 1. The van der Waals surface area contributed by atoms with Crippen molar-refractivity contribution in [2.75, 3.05) is 6.54 Å². The third-order valence-electron chi connectivity index (χ3n) is 6.25. The number of amides is 1. The van der Waals surface area contributed by atoms with Crippen LogP contribution in [-0.4, -0.2) is 47.9 Å². The zero-order valence-corrected chi connectivity index (χ0v) is 18.7. The van der Waals surface area contributed by atoms with Crippen LogP contribution in [0.3, 0.4) is 0 Å². The molecule has 0 unspecified atom stereocenters. The van der Waals surface area contributed by atoms with Crippen molar-refractivity contribution >= 4 is 11.6 Å². The topological polar surface area (TPSA) is 89.4 Å². The van der Waals surface area contributed by atoms with E-state index in [1.54, 1.807) is 0 Å². The minimum absolute atomic E-state index is 0.0922. The highest BCUT2D eigenvalue weighted by molar-refractivity contribution is 5.99. The molecule has 6 rings (SSSR count). The number of pyridine rings is 2. The first kappa shape index (κ1) is 21.2. The summed E-state index contributed by atoms with van der Waals surface area (Å²) in [6.07, 6.45) is 5.17. The number of imidazole rings is 1. The highest BCUT2D eigenvalue weighted by Crippen LogP contribution is 2.29. The fraction of sp³-hybridized carbons (Fsp3) is 0.192. The number of halogens is 1. The highest BCUT2D eigenvalue weighted by Gasteiger charge is 2.34. The lowest BCUT2D eigenvalue weighted by Gasteiger charge is -2.23. The molecule has 0 saturated carbocycles. The summed E-state index contributed by atoms with van der Waals surface area (Å²) in [5.41, 5.74) is 3.28. The molecule has 0 radical (unpaired) electrons. The second-order valence-electron chi connectivity index (χ2n) is 8.48.